The van der Waals surface area contributed by atoms with E-state index in [9.17, 15) is 9.60 Å². The van der Waals surface area contributed by atoms with Crippen molar-refractivity contribution in [3.63, 3.8) is 0 Å². The molecule has 0 aliphatic carbocycles. The van der Waals surface area contributed by atoms with Gasteiger partial charge in [-0.2, -0.15) is 4.74 Å². The Bertz CT molecular complexity index is 571. The van der Waals surface area contributed by atoms with E-state index in [1.807, 2.05) is 13.8 Å². The Balaban J connectivity index is 2.43. The van der Waals surface area contributed by atoms with Gasteiger partial charge in [0.1, 0.15) is 14.9 Å². The molecule has 1 aliphatic heterocycles. The van der Waals surface area contributed by atoms with Gasteiger partial charge in [-0.05, 0) is 26.0 Å². The summed E-state index contributed by atoms with van der Waals surface area (Å²) >= 11 is 12.6. The molecule has 0 saturated carbocycles. The summed E-state index contributed by atoms with van der Waals surface area (Å²) in [6.45, 7) is 3.86. The molecular formula is C13H14ClFN2OS2. The number of halogens is 2. The fourth-order valence-electron chi connectivity index (χ4n) is 2.22. The average molecular weight is 333 g/mol. The van der Waals surface area contributed by atoms with Crippen molar-refractivity contribution in [3.05, 3.63) is 39.8 Å². The molecule has 3 nitrogen and oxygen atoms in total. The molecule has 2 rings (SSSR count). The van der Waals surface area contributed by atoms with Crippen molar-refractivity contribution in [1.29, 1.82) is 0 Å². The normalized spacial score (nSPS) is 22.4. The third-order valence-corrected chi connectivity index (χ3v) is 5.19. The van der Waals surface area contributed by atoms with Crippen LogP contribution in [-0.2, 0) is 0 Å². The monoisotopic (exact) mass is 332 g/mol. The fourth-order valence-corrected chi connectivity index (χ4v) is 4.24. The molecule has 1 aromatic carbocycles. The van der Waals surface area contributed by atoms with E-state index in [1.54, 1.807) is 18.0 Å². The molecule has 0 aromatic heterocycles. The van der Waals surface area contributed by atoms with E-state index in [-0.39, 0.29) is 15.3 Å². The SMILES string of the molecule is CN1C(=S)SC(C)(C)[C@@H]1/[N+]([O-])=C/c1c(F)cccc1Cl. The molecule has 1 aromatic rings. The topological polar surface area (TPSA) is 29.3 Å². The molecule has 1 heterocycles. The number of nitrogens with zero attached hydrogens (tertiary/aromatic N) is 2. The van der Waals surface area contributed by atoms with Crippen molar-refractivity contribution in [2.75, 3.05) is 7.05 Å². The van der Waals surface area contributed by atoms with Crippen LogP contribution < -0.4 is 0 Å². The Morgan fingerprint density at radius 1 is 1.55 bits per heavy atom. The zero-order valence-electron chi connectivity index (χ0n) is 11.3. The summed E-state index contributed by atoms with van der Waals surface area (Å²) < 4.78 is 14.7. The van der Waals surface area contributed by atoms with Gasteiger partial charge in [0.15, 0.2) is 6.21 Å². The molecule has 0 unspecified atom stereocenters. The molecule has 0 radical (unpaired) electrons. The van der Waals surface area contributed by atoms with E-state index in [1.165, 1.54) is 30.1 Å². The lowest BCUT2D eigenvalue weighted by Crippen LogP contribution is -2.46. The van der Waals surface area contributed by atoms with Gasteiger partial charge in [-0.1, -0.05) is 41.6 Å². The van der Waals surface area contributed by atoms with E-state index in [0.29, 0.717) is 4.32 Å². The molecule has 0 amide bonds. The lowest BCUT2D eigenvalue weighted by molar-refractivity contribution is -0.522. The van der Waals surface area contributed by atoms with Gasteiger partial charge >= 0.3 is 0 Å². The van der Waals surface area contributed by atoms with E-state index in [0.717, 1.165) is 4.74 Å². The summed E-state index contributed by atoms with van der Waals surface area (Å²) in [6, 6.07) is 4.32. The smallest absolute Gasteiger partial charge is 0.254 e. The number of hydroxylamine groups is 1. The molecule has 0 spiro atoms. The number of hydrogen-bond donors (Lipinski definition) is 0. The maximum Gasteiger partial charge on any atom is 0.254 e. The summed E-state index contributed by atoms with van der Waals surface area (Å²) in [4.78, 5) is 1.72. The highest BCUT2D eigenvalue weighted by Crippen LogP contribution is 2.40. The minimum Gasteiger partial charge on any atom is -0.622 e. The number of benzene rings is 1. The van der Waals surface area contributed by atoms with Crippen LogP contribution in [0.1, 0.15) is 19.4 Å². The standard InChI is InChI=1S/C13H14ClFN2OS2/c1-13(2)11(16(3)12(19)20-13)17(18)7-8-9(14)5-4-6-10(8)15/h4-7,11H,1-3H3/b17-7-/t11-/m0/s1. The summed E-state index contributed by atoms with van der Waals surface area (Å²) in [7, 11) is 1.76. The van der Waals surface area contributed by atoms with Crippen molar-refractivity contribution in [3.8, 4) is 0 Å². The molecule has 1 aliphatic rings. The lowest BCUT2D eigenvalue weighted by Gasteiger charge is -2.27. The van der Waals surface area contributed by atoms with E-state index in [2.05, 4.69) is 0 Å². The van der Waals surface area contributed by atoms with Gasteiger partial charge in [-0.15, -0.1) is 0 Å². The summed E-state index contributed by atoms with van der Waals surface area (Å²) in [5.41, 5.74) is 0.0937. The summed E-state index contributed by atoms with van der Waals surface area (Å²) in [5.74, 6) is -0.521. The van der Waals surface area contributed by atoms with Crippen LogP contribution >= 0.6 is 35.6 Å². The predicted molar refractivity (Wildman–Crippen MR) is 86.0 cm³/mol. The van der Waals surface area contributed by atoms with Crippen LogP contribution in [0.2, 0.25) is 5.02 Å². The molecule has 1 saturated heterocycles. The number of rotatable bonds is 2. The van der Waals surface area contributed by atoms with Gasteiger partial charge in [0.2, 0.25) is 0 Å². The quantitative estimate of drug-likeness (QED) is 0.273. The molecule has 1 atom stereocenters. The molecular weight excluding hydrogens is 319 g/mol. The largest absolute Gasteiger partial charge is 0.622 e. The number of hydrogen-bond acceptors (Lipinski definition) is 3. The first kappa shape index (κ1) is 15.5. The second-order valence-electron chi connectivity index (χ2n) is 5.08. The third kappa shape index (κ3) is 2.77. The second kappa shape index (κ2) is 5.50. The maximum absolute atomic E-state index is 13.7. The van der Waals surface area contributed by atoms with Crippen molar-refractivity contribution < 1.29 is 9.13 Å². The van der Waals surface area contributed by atoms with Crippen LogP contribution in [0.15, 0.2) is 18.2 Å². The highest BCUT2D eigenvalue weighted by Gasteiger charge is 2.48. The van der Waals surface area contributed by atoms with Gasteiger partial charge in [0, 0.05) is 7.05 Å². The summed E-state index contributed by atoms with van der Waals surface area (Å²) in [5, 5.41) is 12.6. The van der Waals surface area contributed by atoms with Crippen LogP contribution in [0.5, 0.6) is 0 Å². The van der Waals surface area contributed by atoms with E-state index >= 15 is 0 Å². The van der Waals surface area contributed by atoms with Crippen molar-refractivity contribution >= 4 is 46.1 Å². The van der Waals surface area contributed by atoms with Crippen LogP contribution in [0, 0.1) is 11.0 Å². The van der Waals surface area contributed by atoms with Gasteiger partial charge in [0.05, 0.1) is 10.6 Å². The fraction of sp³-hybridized carbons (Fsp3) is 0.385. The highest BCUT2D eigenvalue weighted by molar-refractivity contribution is 8.24. The minimum atomic E-state index is -0.521. The molecule has 108 valence electrons. The Hall–Kier alpha value is -0.850. The van der Waals surface area contributed by atoms with Gasteiger partial charge in [0.25, 0.3) is 6.17 Å². The molecule has 7 heteroatoms. The van der Waals surface area contributed by atoms with Crippen LogP contribution in [0.25, 0.3) is 0 Å². The van der Waals surface area contributed by atoms with Crippen molar-refractivity contribution in [2.45, 2.75) is 24.8 Å². The molecule has 1 fully saturated rings. The molecule has 20 heavy (non-hydrogen) atoms. The average Bonchev–Trinajstić information content (AvgIpc) is 2.53. The van der Waals surface area contributed by atoms with Crippen LogP contribution in [0.4, 0.5) is 4.39 Å². The zero-order valence-corrected chi connectivity index (χ0v) is 13.7. The Morgan fingerprint density at radius 2 is 2.20 bits per heavy atom. The maximum atomic E-state index is 13.7. The molecule has 0 bridgehead atoms. The molecule has 0 N–H and O–H groups in total. The van der Waals surface area contributed by atoms with Crippen molar-refractivity contribution in [2.24, 2.45) is 0 Å². The Kier molecular flexibility index (Phi) is 4.27. The van der Waals surface area contributed by atoms with Crippen molar-refractivity contribution in [1.82, 2.24) is 4.90 Å². The first-order valence-corrected chi connectivity index (χ1v) is 7.54. The minimum absolute atomic E-state index is 0.0937. The predicted octanol–water partition coefficient (Wildman–Crippen LogP) is 3.48. The highest BCUT2D eigenvalue weighted by atomic mass is 35.5. The second-order valence-corrected chi connectivity index (χ2v) is 7.78. The van der Waals surface area contributed by atoms with Crippen LogP contribution in [-0.4, -0.2) is 38.1 Å². The summed E-state index contributed by atoms with van der Waals surface area (Å²) in [6.07, 6.45) is 0.686. The Morgan fingerprint density at radius 3 is 2.70 bits per heavy atom. The lowest BCUT2D eigenvalue weighted by atomic mass is 10.1. The number of thiocarbonyl (C=S) groups is 1. The first-order valence-electron chi connectivity index (χ1n) is 5.94. The first-order chi connectivity index (χ1) is 9.24. The van der Waals surface area contributed by atoms with Gasteiger partial charge < -0.3 is 10.1 Å². The Labute approximate surface area is 132 Å². The van der Waals surface area contributed by atoms with Gasteiger partial charge in [-0.3, -0.25) is 0 Å². The third-order valence-electron chi connectivity index (χ3n) is 3.12. The van der Waals surface area contributed by atoms with Gasteiger partial charge in [-0.25, -0.2) is 4.39 Å². The zero-order chi connectivity index (χ0) is 15.1. The van der Waals surface area contributed by atoms with E-state index < -0.39 is 12.0 Å². The van der Waals surface area contributed by atoms with E-state index in [4.69, 9.17) is 23.8 Å². The number of thioether (sulfide) groups is 1. The van der Waals surface area contributed by atoms with Crippen LogP contribution in [0.3, 0.4) is 0 Å².